The predicted molar refractivity (Wildman–Crippen MR) is 69.7 cm³/mol. The van der Waals surface area contributed by atoms with Crippen molar-refractivity contribution in [1.29, 1.82) is 0 Å². The zero-order valence-electron chi connectivity index (χ0n) is 10.5. The molecule has 0 saturated carbocycles. The molecule has 0 spiro atoms. The summed E-state index contributed by atoms with van der Waals surface area (Å²) in [5, 5.41) is 0.0888. The van der Waals surface area contributed by atoms with E-state index in [-0.39, 0.29) is 23.3 Å². The Bertz CT molecular complexity index is 368. The first-order valence-corrected chi connectivity index (χ1v) is 6.07. The fourth-order valence-electron chi connectivity index (χ4n) is 1.34. The van der Waals surface area contributed by atoms with Gasteiger partial charge in [0.15, 0.2) is 0 Å². The average Bonchev–Trinajstić information content (AvgIpc) is 2.32. The molecule has 0 radical (unpaired) electrons. The molecule has 0 saturated heterocycles. The fourth-order valence-corrected chi connectivity index (χ4v) is 1.46. The normalized spacial score (nSPS) is 11.4. The quantitative estimate of drug-likeness (QED) is 0.902. The van der Waals surface area contributed by atoms with Gasteiger partial charge in [-0.25, -0.2) is 4.39 Å². The van der Waals surface area contributed by atoms with Crippen LogP contribution in [0.5, 0.6) is 0 Å². The smallest absolute Gasteiger partial charge is 0.142 e. The summed E-state index contributed by atoms with van der Waals surface area (Å²) in [6.45, 7) is 5.77. The van der Waals surface area contributed by atoms with Crippen LogP contribution in [0.3, 0.4) is 0 Å². The molecule has 1 aromatic rings. The molecule has 0 fully saturated rings. The van der Waals surface area contributed by atoms with Crippen LogP contribution in [-0.2, 0) is 11.2 Å². The van der Waals surface area contributed by atoms with E-state index in [1.54, 1.807) is 6.07 Å². The Morgan fingerprint density at radius 1 is 1.47 bits per heavy atom. The van der Waals surface area contributed by atoms with Crippen molar-refractivity contribution >= 4 is 17.4 Å². The number of hydrogen-bond donors (Lipinski definition) is 1. The van der Waals surface area contributed by atoms with E-state index in [2.05, 4.69) is 0 Å². The molecule has 4 heteroatoms. The Balaban J connectivity index is 0.00000121. The van der Waals surface area contributed by atoms with Gasteiger partial charge in [0.1, 0.15) is 11.6 Å². The highest BCUT2D eigenvalue weighted by Gasteiger charge is 2.13. The van der Waals surface area contributed by atoms with Crippen molar-refractivity contribution in [2.75, 3.05) is 6.54 Å². The van der Waals surface area contributed by atoms with Crippen molar-refractivity contribution in [3.8, 4) is 0 Å². The Hall–Kier alpha value is -0.930. The minimum Gasteiger partial charge on any atom is -0.330 e. The van der Waals surface area contributed by atoms with E-state index in [9.17, 15) is 9.18 Å². The van der Waals surface area contributed by atoms with Gasteiger partial charge in [0.25, 0.3) is 0 Å². The molecule has 1 rings (SSSR count). The van der Waals surface area contributed by atoms with Crippen molar-refractivity contribution in [2.24, 2.45) is 11.7 Å². The third-order valence-corrected chi connectivity index (χ3v) is 2.63. The van der Waals surface area contributed by atoms with Gasteiger partial charge in [0, 0.05) is 12.5 Å². The SMILES string of the molecule is CC.CC(=O)C(CN)Cc1ccc(Cl)c(F)c1. The summed E-state index contributed by atoms with van der Waals surface area (Å²) in [7, 11) is 0. The number of nitrogens with two attached hydrogens (primary N) is 1. The van der Waals surface area contributed by atoms with Crippen LogP contribution in [-0.4, -0.2) is 12.3 Å². The number of carbonyl (C=O) groups is 1. The number of benzene rings is 1. The van der Waals surface area contributed by atoms with Crippen LogP contribution < -0.4 is 5.73 Å². The third kappa shape index (κ3) is 5.29. The van der Waals surface area contributed by atoms with Gasteiger partial charge >= 0.3 is 0 Å². The highest BCUT2D eigenvalue weighted by molar-refractivity contribution is 6.30. The average molecular weight is 260 g/mol. The highest BCUT2D eigenvalue weighted by Crippen LogP contribution is 2.17. The van der Waals surface area contributed by atoms with Crippen LogP contribution in [0.4, 0.5) is 4.39 Å². The van der Waals surface area contributed by atoms with Crippen LogP contribution >= 0.6 is 11.6 Å². The molecule has 0 aliphatic heterocycles. The lowest BCUT2D eigenvalue weighted by Crippen LogP contribution is -2.23. The molecule has 1 unspecified atom stereocenters. The second kappa shape index (κ2) is 8.20. The molecule has 2 N–H and O–H groups in total. The maximum atomic E-state index is 13.1. The Morgan fingerprint density at radius 2 is 2.06 bits per heavy atom. The summed E-state index contributed by atoms with van der Waals surface area (Å²) in [4.78, 5) is 11.1. The van der Waals surface area contributed by atoms with Crippen molar-refractivity contribution < 1.29 is 9.18 Å². The van der Waals surface area contributed by atoms with Gasteiger partial charge in [0.2, 0.25) is 0 Å². The Labute approximate surface area is 107 Å². The van der Waals surface area contributed by atoms with Gasteiger partial charge < -0.3 is 5.73 Å². The Kier molecular flexibility index (Phi) is 7.75. The van der Waals surface area contributed by atoms with E-state index in [0.717, 1.165) is 5.56 Å². The summed E-state index contributed by atoms with van der Waals surface area (Å²) in [6.07, 6.45) is 0.458. The zero-order chi connectivity index (χ0) is 13.4. The summed E-state index contributed by atoms with van der Waals surface area (Å²) in [5.41, 5.74) is 6.19. The van der Waals surface area contributed by atoms with Gasteiger partial charge in [-0.15, -0.1) is 0 Å². The lowest BCUT2D eigenvalue weighted by atomic mass is 9.96. The minimum absolute atomic E-state index is 0.0212. The number of Topliss-reactive ketones (excluding diaryl/α,β-unsaturated/α-hetero) is 1. The molecule has 17 heavy (non-hydrogen) atoms. The molecule has 0 heterocycles. The number of carbonyl (C=O) groups excluding carboxylic acids is 1. The van der Waals surface area contributed by atoms with Crippen molar-refractivity contribution in [2.45, 2.75) is 27.2 Å². The Morgan fingerprint density at radius 3 is 2.47 bits per heavy atom. The van der Waals surface area contributed by atoms with Crippen molar-refractivity contribution in [3.05, 3.63) is 34.6 Å². The summed E-state index contributed by atoms with van der Waals surface area (Å²) in [5.74, 6) is -0.688. The van der Waals surface area contributed by atoms with E-state index in [1.165, 1.54) is 19.1 Å². The molecule has 0 aromatic heterocycles. The van der Waals surface area contributed by atoms with E-state index in [0.29, 0.717) is 6.42 Å². The highest BCUT2D eigenvalue weighted by atomic mass is 35.5. The molecular formula is C13H19ClFNO. The molecule has 0 amide bonds. The first-order chi connectivity index (χ1) is 8.04. The second-order valence-electron chi connectivity index (χ2n) is 3.50. The van der Waals surface area contributed by atoms with E-state index in [1.807, 2.05) is 13.8 Å². The van der Waals surface area contributed by atoms with Gasteiger partial charge in [-0.1, -0.05) is 31.5 Å². The molecule has 1 aromatic carbocycles. The molecule has 96 valence electrons. The summed E-state index contributed by atoms with van der Waals surface area (Å²) < 4.78 is 13.1. The third-order valence-electron chi connectivity index (χ3n) is 2.33. The second-order valence-corrected chi connectivity index (χ2v) is 3.90. The zero-order valence-corrected chi connectivity index (χ0v) is 11.2. The predicted octanol–water partition coefficient (Wildman–Crippen LogP) is 3.21. The first kappa shape index (κ1) is 16.1. The molecule has 0 aliphatic rings. The van der Waals surface area contributed by atoms with E-state index < -0.39 is 5.82 Å². The van der Waals surface area contributed by atoms with Crippen LogP contribution in [0.1, 0.15) is 26.3 Å². The fraction of sp³-hybridized carbons (Fsp3) is 0.462. The van der Waals surface area contributed by atoms with Gasteiger partial charge in [0.05, 0.1) is 5.02 Å². The summed E-state index contributed by atoms with van der Waals surface area (Å²) in [6, 6.07) is 4.53. The molecular weight excluding hydrogens is 241 g/mol. The number of ketones is 1. The van der Waals surface area contributed by atoms with Gasteiger partial charge in [-0.2, -0.15) is 0 Å². The maximum Gasteiger partial charge on any atom is 0.142 e. The van der Waals surface area contributed by atoms with Crippen LogP contribution in [0, 0.1) is 11.7 Å². The van der Waals surface area contributed by atoms with Crippen molar-refractivity contribution in [3.63, 3.8) is 0 Å². The minimum atomic E-state index is -0.464. The maximum absolute atomic E-state index is 13.1. The topological polar surface area (TPSA) is 43.1 Å². The number of halogens is 2. The van der Waals surface area contributed by atoms with Gasteiger partial charge in [-0.05, 0) is 31.0 Å². The first-order valence-electron chi connectivity index (χ1n) is 5.69. The van der Waals surface area contributed by atoms with E-state index >= 15 is 0 Å². The summed E-state index contributed by atoms with van der Waals surface area (Å²) >= 11 is 5.55. The van der Waals surface area contributed by atoms with Gasteiger partial charge in [-0.3, -0.25) is 4.79 Å². The number of hydrogen-bond acceptors (Lipinski definition) is 2. The van der Waals surface area contributed by atoms with E-state index in [4.69, 9.17) is 17.3 Å². The standard InChI is InChI=1S/C11H13ClFNO.C2H6/c1-7(15)9(6-14)4-8-2-3-10(12)11(13)5-8;1-2/h2-3,5,9H,4,6,14H2,1H3;1-2H3. The molecule has 1 atom stereocenters. The van der Waals surface area contributed by atoms with Crippen molar-refractivity contribution in [1.82, 2.24) is 0 Å². The van der Waals surface area contributed by atoms with Crippen LogP contribution in [0.25, 0.3) is 0 Å². The van der Waals surface area contributed by atoms with Crippen LogP contribution in [0.15, 0.2) is 18.2 Å². The largest absolute Gasteiger partial charge is 0.330 e. The lowest BCUT2D eigenvalue weighted by molar-refractivity contribution is -0.120. The number of rotatable bonds is 4. The monoisotopic (exact) mass is 259 g/mol. The molecule has 2 nitrogen and oxygen atoms in total. The van der Waals surface area contributed by atoms with Crippen LogP contribution in [0.2, 0.25) is 5.02 Å². The molecule has 0 aliphatic carbocycles. The lowest BCUT2D eigenvalue weighted by Gasteiger charge is -2.11. The molecule has 0 bridgehead atoms.